The predicted molar refractivity (Wildman–Crippen MR) is 81.7 cm³/mol. The molecule has 1 amide bonds. The molecule has 0 heterocycles. The number of hydrogen-bond donors (Lipinski definition) is 2. The molecule has 0 bridgehead atoms. The van der Waals surface area contributed by atoms with Crippen LogP contribution in [0, 0.1) is 5.41 Å². The summed E-state index contributed by atoms with van der Waals surface area (Å²) in [7, 11) is 1.65. The van der Waals surface area contributed by atoms with Gasteiger partial charge >= 0.3 is 0 Å². The number of carbonyl (C=O) groups excluding carboxylic acids is 1. The van der Waals surface area contributed by atoms with Crippen LogP contribution in [-0.4, -0.2) is 25.1 Å². The molecule has 3 N–H and O–H groups in total. The van der Waals surface area contributed by atoms with Gasteiger partial charge in [-0.1, -0.05) is 39.0 Å². The Bertz CT molecular complexity index is 452. The number of hydrogen-bond acceptors (Lipinski definition) is 3. The first kappa shape index (κ1) is 16.5. The molecule has 1 rings (SSSR count). The summed E-state index contributed by atoms with van der Waals surface area (Å²) in [6.45, 7) is 7.85. The summed E-state index contributed by atoms with van der Waals surface area (Å²) >= 11 is 0. The third-order valence-electron chi connectivity index (χ3n) is 3.32. The molecule has 2 atom stereocenters. The number of carbonyl (C=O) groups is 1. The number of nitrogens with one attached hydrogen (secondary N) is 1. The number of rotatable bonds is 5. The Balaban J connectivity index is 2.64. The minimum absolute atomic E-state index is 0.00667. The van der Waals surface area contributed by atoms with E-state index in [1.54, 1.807) is 7.11 Å². The Labute approximate surface area is 121 Å². The molecule has 0 aromatic heterocycles. The fourth-order valence-corrected chi connectivity index (χ4v) is 1.98. The van der Waals surface area contributed by atoms with E-state index in [0.717, 1.165) is 11.3 Å². The minimum Gasteiger partial charge on any atom is -0.496 e. The van der Waals surface area contributed by atoms with E-state index in [-0.39, 0.29) is 17.4 Å². The van der Waals surface area contributed by atoms with Crippen LogP contribution < -0.4 is 15.8 Å². The van der Waals surface area contributed by atoms with Crippen LogP contribution in [0.3, 0.4) is 0 Å². The van der Waals surface area contributed by atoms with Gasteiger partial charge in [0.2, 0.25) is 5.91 Å². The lowest BCUT2D eigenvalue weighted by molar-refractivity contribution is -0.125. The standard InChI is InChI=1S/C16H26N2O2/c1-11(18-15(19)14(17)16(2,3)4)10-12-8-6-7-9-13(12)20-5/h6-9,11,14H,10,17H2,1-5H3,(H,18,19). The highest BCUT2D eigenvalue weighted by Crippen LogP contribution is 2.20. The Hall–Kier alpha value is -1.55. The fraction of sp³-hybridized carbons (Fsp3) is 0.562. The highest BCUT2D eigenvalue weighted by molar-refractivity contribution is 5.82. The molecule has 0 saturated heterocycles. The molecule has 2 unspecified atom stereocenters. The molecule has 0 radical (unpaired) electrons. The van der Waals surface area contributed by atoms with Crippen molar-refractivity contribution in [1.29, 1.82) is 0 Å². The fourth-order valence-electron chi connectivity index (χ4n) is 1.98. The van der Waals surface area contributed by atoms with Crippen LogP contribution in [0.25, 0.3) is 0 Å². The van der Waals surface area contributed by atoms with Gasteiger partial charge < -0.3 is 15.8 Å². The molecule has 0 aliphatic rings. The normalized spacial score (nSPS) is 14.5. The van der Waals surface area contributed by atoms with Gasteiger partial charge in [-0.3, -0.25) is 4.79 Å². The van der Waals surface area contributed by atoms with Gasteiger partial charge in [0.1, 0.15) is 5.75 Å². The summed E-state index contributed by atoms with van der Waals surface area (Å²) in [5, 5.41) is 2.97. The number of para-hydroxylation sites is 1. The van der Waals surface area contributed by atoms with Crippen molar-refractivity contribution < 1.29 is 9.53 Å². The smallest absolute Gasteiger partial charge is 0.237 e. The average Bonchev–Trinajstić information content (AvgIpc) is 2.37. The Morgan fingerprint density at radius 2 is 1.95 bits per heavy atom. The maximum absolute atomic E-state index is 12.1. The van der Waals surface area contributed by atoms with E-state index in [0.29, 0.717) is 6.42 Å². The summed E-state index contributed by atoms with van der Waals surface area (Å²) in [5.74, 6) is 0.730. The van der Waals surface area contributed by atoms with Gasteiger partial charge in [-0.15, -0.1) is 0 Å². The Morgan fingerprint density at radius 3 is 2.50 bits per heavy atom. The number of ether oxygens (including phenoxy) is 1. The minimum atomic E-state index is -0.511. The predicted octanol–water partition coefficient (Wildman–Crippen LogP) is 2.12. The molecule has 112 valence electrons. The summed E-state index contributed by atoms with van der Waals surface area (Å²) in [6.07, 6.45) is 0.715. The lowest BCUT2D eigenvalue weighted by Gasteiger charge is -2.27. The molecule has 4 heteroatoms. The number of amides is 1. The second-order valence-corrected chi connectivity index (χ2v) is 6.27. The molecule has 0 saturated carbocycles. The van der Waals surface area contributed by atoms with Crippen molar-refractivity contribution in [3.63, 3.8) is 0 Å². The van der Waals surface area contributed by atoms with Crippen LogP contribution in [0.5, 0.6) is 5.75 Å². The third kappa shape index (κ3) is 4.53. The SMILES string of the molecule is COc1ccccc1CC(C)NC(=O)C(N)C(C)(C)C. The molecule has 0 aliphatic heterocycles. The third-order valence-corrected chi connectivity index (χ3v) is 3.32. The van der Waals surface area contributed by atoms with Crippen molar-refractivity contribution in [2.24, 2.45) is 11.1 Å². The zero-order chi connectivity index (χ0) is 15.3. The lowest BCUT2D eigenvalue weighted by atomic mass is 9.86. The summed E-state index contributed by atoms with van der Waals surface area (Å²) in [6, 6.07) is 7.32. The Morgan fingerprint density at radius 1 is 1.35 bits per heavy atom. The summed E-state index contributed by atoms with van der Waals surface area (Å²) < 4.78 is 5.32. The van der Waals surface area contributed by atoms with Gasteiger partial charge in [0.15, 0.2) is 0 Å². The van der Waals surface area contributed by atoms with Gasteiger partial charge in [-0.2, -0.15) is 0 Å². The second kappa shape index (κ2) is 6.75. The molecule has 0 aliphatic carbocycles. The van der Waals surface area contributed by atoms with Gasteiger partial charge in [0, 0.05) is 6.04 Å². The topological polar surface area (TPSA) is 64.3 Å². The molecule has 1 aromatic rings. The molecule has 20 heavy (non-hydrogen) atoms. The highest BCUT2D eigenvalue weighted by atomic mass is 16.5. The van der Waals surface area contributed by atoms with Gasteiger partial charge in [0.05, 0.1) is 13.2 Å². The molecule has 0 spiro atoms. The van der Waals surface area contributed by atoms with Crippen LogP contribution in [0.1, 0.15) is 33.3 Å². The maximum Gasteiger partial charge on any atom is 0.237 e. The lowest BCUT2D eigenvalue weighted by Crippen LogP contribution is -2.51. The molecule has 4 nitrogen and oxygen atoms in total. The zero-order valence-electron chi connectivity index (χ0n) is 13.1. The van der Waals surface area contributed by atoms with Crippen LogP contribution in [-0.2, 0) is 11.2 Å². The number of benzene rings is 1. The first-order valence-electron chi connectivity index (χ1n) is 6.93. The van der Waals surface area contributed by atoms with Crippen molar-refractivity contribution in [2.45, 2.75) is 46.2 Å². The van der Waals surface area contributed by atoms with E-state index in [4.69, 9.17) is 10.5 Å². The Kier molecular flexibility index (Phi) is 5.57. The van der Waals surface area contributed by atoms with Crippen molar-refractivity contribution in [1.82, 2.24) is 5.32 Å². The molecule has 0 fully saturated rings. The second-order valence-electron chi connectivity index (χ2n) is 6.27. The number of methoxy groups -OCH3 is 1. The zero-order valence-corrected chi connectivity index (χ0v) is 13.1. The van der Waals surface area contributed by atoms with Gasteiger partial charge in [-0.05, 0) is 30.4 Å². The highest BCUT2D eigenvalue weighted by Gasteiger charge is 2.28. The van der Waals surface area contributed by atoms with E-state index in [9.17, 15) is 4.79 Å². The number of nitrogens with two attached hydrogens (primary N) is 1. The average molecular weight is 278 g/mol. The van der Waals surface area contributed by atoms with Crippen LogP contribution >= 0.6 is 0 Å². The molecular weight excluding hydrogens is 252 g/mol. The molecular formula is C16H26N2O2. The van der Waals surface area contributed by atoms with E-state index >= 15 is 0 Å². The quantitative estimate of drug-likeness (QED) is 0.867. The maximum atomic E-state index is 12.1. The van der Waals surface area contributed by atoms with Crippen LogP contribution in [0.4, 0.5) is 0 Å². The van der Waals surface area contributed by atoms with E-state index in [2.05, 4.69) is 5.32 Å². The van der Waals surface area contributed by atoms with Crippen molar-refractivity contribution >= 4 is 5.91 Å². The van der Waals surface area contributed by atoms with Gasteiger partial charge in [-0.25, -0.2) is 0 Å². The van der Waals surface area contributed by atoms with Crippen molar-refractivity contribution in [2.75, 3.05) is 7.11 Å². The van der Waals surface area contributed by atoms with Crippen molar-refractivity contribution in [3.05, 3.63) is 29.8 Å². The first-order valence-corrected chi connectivity index (χ1v) is 6.93. The largest absolute Gasteiger partial charge is 0.496 e. The van der Waals surface area contributed by atoms with Crippen molar-refractivity contribution in [3.8, 4) is 5.75 Å². The summed E-state index contributed by atoms with van der Waals surface area (Å²) in [4.78, 5) is 12.1. The van der Waals surface area contributed by atoms with Crippen LogP contribution in [0.2, 0.25) is 0 Å². The monoisotopic (exact) mass is 278 g/mol. The molecule has 1 aromatic carbocycles. The summed E-state index contributed by atoms with van der Waals surface area (Å²) in [5.41, 5.74) is 6.79. The van der Waals surface area contributed by atoms with E-state index in [1.165, 1.54) is 0 Å². The van der Waals surface area contributed by atoms with E-state index in [1.807, 2.05) is 52.0 Å². The van der Waals surface area contributed by atoms with E-state index < -0.39 is 6.04 Å². The van der Waals surface area contributed by atoms with Crippen LogP contribution in [0.15, 0.2) is 24.3 Å². The first-order chi connectivity index (χ1) is 9.25. The van der Waals surface area contributed by atoms with Gasteiger partial charge in [0.25, 0.3) is 0 Å².